The van der Waals surface area contributed by atoms with Crippen molar-refractivity contribution in [2.45, 2.75) is 32.1 Å². The van der Waals surface area contributed by atoms with Gasteiger partial charge in [0.15, 0.2) is 0 Å². The molecule has 1 fully saturated rings. The molecule has 0 aromatic heterocycles. The highest BCUT2D eigenvalue weighted by molar-refractivity contribution is 7.89. The Bertz CT molecular complexity index is 962. The molecule has 2 aromatic carbocycles. The smallest absolute Gasteiger partial charge is 0.343 e. The van der Waals surface area contributed by atoms with E-state index in [1.54, 1.807) is 12.1 Å². The molecule has 2 aromatic rings. The molecule has 0 N–H and O–H groups in total. The lowest BCUT2D eigenvalue weighted by molar-refractivity contribution is 0.0734. The molecular weight excluding hydrogens is 398 g/mol. The normalized spacial score (nSPS) is 20.7. The second-order valence-electron chi connectivity index (χ2n) is 7.62. The maximum absolute atomic E-state index is 12.9. The number of hydrogen-bond acceptors (Lipinski definition) is 4. The van der Waals surface area contributed by atoms with Gasteiger partial charge in [-0.3, -0.25) is 0 Å². The molecule has 0 radical (unpaired) electrons. The number of ether oxygens (including phenoxy) is 1. The Labute approximate surface area is 171 Å². The zero-order valence-corrected chi connectivity index (χ0v) is 17.8. The third-order valence-electron chi connectivity index (χ3n) is 4.85. The Kier molecular flexibility index (Phi) is 6.12. The molecule has 0 saturated carbocycles. The summed E-state index contributed by atoms with van der Waals surface area (Å²) >= 11 is 6.06. The number of carbonyl (C=O) groups is 1. The lowest BCUT2D eigenvalue weighted by atomic mass is 9.94. The van der Waals surface area contributed by atoms with Crippen LogP contribution in [0, 0.1) is 18.8 Å². The van der Waals surface area contributed by atoms with E-state index in [4.69, 9.17) is 16.3 Å². The summed E-state index contributed by atoms with van der Waals surface area (Å²) in [5, 5.41) is 0.339. The number of halogens is 1. The van der Waals surface area contributed by atoms with Gasteiger partial charge in [0.2, 0.25) is 10.0 Å². The summed E-state index contributed by atoms with van der Waals surface area (Å²) in [5.74, 6) is 0.343. The minimum atomic E-state index is -3.58. The predicted octanol–water partition coefficient (Wildman–Crippen LogP) is 4.53. The Morgan fingerprint density at radius 1 is 1.07 bits per heavy atom. The van der Waals surface area contributed by atoms with E-state index in [0.29, 0.717) is 29.9 Å². The summed E-state index contributed by atoms with van der Waals surface area (Å²) in [6.07, 6.45) is 1.03. The maximum atomic E-state index is 12.9. The number of nitrogens with zero attached hydrogens (tertiary/aromatic N) is 1. The van der Waals surface area contributed by atoms with E-state index >= 15 is 0 Å². The number of hydrogen-bond donors (Lipinski definition) is 0. The number of rotatable bonds is 4. The number of piperidine rings is 1. The van der Waals surface area contributed by atoms with Gasteiger partial charge in [-0.25, -0.2) is 13.2 Å². The third kappa shape index (κ3) is 4.57. The first kappa shape index (κ1) is 20.8. The fourth-order valence-corrected chi connectivity index (χ4v) is 5.40. The zero-order chi connectivity index (χ0) is 20.5. The summed E-state index contributed by atoms with van der Waals surface area (Å²) in [7, 11) is -3.58. The summed E-state index contributed by atoms with van der Waals surface area (Å²) < 4.78 is 32.7. The molecule has 150 valence electrons. The van der Waals surface area contributed by atoms with E-state index < -0.39 is 16.0 Å². The average Bonchev–Trinajstić information content (AvgIpc) is 2.64. The van der Waals surface area contributed by atoms with Crippen LogP contribution in [0.1, 0.15) is 36.2 Å². The van der Waals surface area contributed by atoms with Crippen molar-refractivity contribution in [2.24, 2.45) is 11.8 Å². The van der Waals surface area contributed by atoms with Gasteiger partial charge in [0.1, 0.15) is 5.75 Å². The van der Waals surface area contributed by atoms with Gasteiger partial charge in [-0.15, -0.1) is 0 Å². The van der Waals surface area contributed by atoms with Crippen LogP contribution in [0.3, 0.4) is 0 Å². The standard InChI is InChI=1S/C21H24ClNO4S/c1-14-4-9-19(22)20(11-14)27-21(24)17-5-7-18(8-6-17)28(25,26)23-12-15(2)10-16(3)13-23/h4-9,11,15-16H,10,12-13H2,1-3H3/t15-,16-/m0/s1. The maximum Gasteiger partial charge on any atom is 0.343 e. The van der Waals surface area contributed by atoms with Crippen LogP contribution in [0.2, 0.25) is 5.02 Å². The van der Waals surface area contributed by atoms with Gasteiger partial charge in [0.05, 0.1) is 15.5 Å². The van der Waals surface area contributed by atoms with E-state index in [1.807, 2.05) is 13.0 Å². The SMILES string of the molecule is Cc1ccc(Cl)c(OC(=O)c2ccc(S(=O)(=O)N3C[C@@H](C)C[C@H](C)C3)cc2)c1. The van der Waals surface area contributed by atoms with Crippen molar-refractivity contribution in [1.29, 1.82) is 0 Å². The van der Waals surface area contributed by atoms with Crippen molar-refractivity contribution >= 4 is 27.6 Å². The summed E-state index contributed by atoms with van der Waals surface area (Å²) in [6, 6.07) is 11.0. The van der Waals surface area contributed by atoms with Crippen LogP contribution in [-0.2, 0) is 10.0 Å². The largest absolute Gasteiger partial charge is 0.421 e. The van der Waals surface area contributed by atoms with Gasteiger partial charge < -0.3 is 4.74 Å². The minimum Gasteiger partial charge on any atom is -0.421 e. The molecule has 7 heteroatoms. The monoisotopic (exact) mass is 421 g/mol. The van der Waals surface area contributed by atoms with E-state index in [2.05, 4.69) is 13.8 Å². The van der Waals surface area contributed by atoms with Gasteiger partial charge in [0, 0.05) is 13.1 Å². The molecule has 0 spiro atoms. The number of carbonyl (C=O) groups excluding carboxylic acids is 1. The first-order chi connectivity index (χ1) is 13.2. The third-order valence-corrected chi connectivity index (χ3v) is 7.01. The van der Waals surface area contributed by atoms with E-state index in [9.17, 15) is 13.2 Å². The van der Waals surface area contributed by atoms with Crippen molar-refractivity contribution in [3.63, 3.8) is 0 Å². The van der Waals surface area contributed by atoms with Crippen LogP contribution < -0.4 is 4.74 Å². The van der Waals surface area contributed by atoms with Crippen molar-refractivity contribution in [3.8, 4) is 5.75 Å². The fraction of sp³-hybridized carbons (Fsp3) is 0.381. The predicted molar refractivity (Wildman–Crippen MR) is 109 cm³/mol. The molecule has 5 nitrogen and oxygen atoms in total. The highest BCUT2D eigenvalue weighted by Gasteiger charge is 2.31. The number of esters is 1. The van der Waals surface area contributed by atoms with Crippen LogP contribution in [0.4, 0.5) is 0 Å². The fourth-order valence-electron chi connectivity index (χ4n) is 3.56. The van der Waals surface area contributed by atoms with Crippen LogP contribution in [0.5, 0.6) is 5.75 Å². The number of aryl methyl sites for hydroxylation is 1. The van der Waals surface area contributed by atoms with Crippen LogP contribution in [-0.4, -0.2) is 31.8 Å². The van der Waals surface area contributed by atoms with Crippen molar-refractivity contribution in [2.75, 3.05) is 13.1 Å². The topological polar surface area (TPSA) is 63.7 Å². The minimum absolute atomic E-state index is 0.180. The van der Waals surface area contributed by atoms with Gasteiger partial charge in [0.25, 0.3) is 0 Å². The average molecular weight is 422 g/mol. The molecule has 0 bridgehead atoms. The van der Waals surface area contributed by atoms with Crippen LogP contribution in [0.25, 0.3) is 0 Å². The van der Waals surface area contributed by atoms with Gasteiger partial charge >= 0.3 is 5.97 Å². The molecule has 0 amide bonds. The van der Waals surface area contributed by atoms with Gasteiger partial charge in [-0.05, 0) is 67.1 Å². The Balaban J connectivity index is 1.77. The summed E-state index contributed by atoms with van der Waals surface area (Å²) in [4.78, 5) is 12.6. The molecule has 28 heavy (non-hydrogen) atoms. The molecule has 1 aliphatic heterocycles. The molecule has 1 saturated heterocycles. The lowest BCUT2D eigenvalue weighted by Crippen LogP contribution is -2.42. The lowest BCUT2D eigenvalue weighted by Gasteiger charge is -2.34. The molecule has 1 aliphatic rings. The number of benzene rings is 2. The van der Waals surface area contributed by atoms with Crippen molar-refractivity contribution in [3.05, 3.63) is 58.6 Å². The summed E-state index contributed by atoms with van der Waals surface area (Å²) in [6.45, 7) is 7.03. The zero-order valence-electron chi connectivity index (χ0n) is 16.2. The first-order valence-corrected chi connectivity index (χ1v) is 11.1. The molecule has 2 atom stereocenters. The summed E-state index contributed by atoms with van der Waals surface area (Å²) in [5.41, 5.74) is 1.18. The number of sulfonamides is 1. The molecule has 3 rings (SSSR count). The first-order valence-electron chi connectivity index (χ1n) is 9.25. The van der Waals surface area contributed by atoms with Crippen molar-refractivity contribution in [1.82, 2.24) is 4.31 Å². The highest BCUT2D eigenvalue weighted by atomic mass is 35.5. The van der Waals surface area contributed by atoms with E-state index in [1.165, 1.54) is 28.6 Å². The molecule has 0 unspecified atom stereocenters. The highest BCUT2D eigenvalue weighted by Crippen LogP contribution is 2.28. The van der Waals surface area contributed by atoms with E-state index in [-0.39, 0.29) is 16.2 Å². The molecular formula is C21H24ClNO4S. The quantitative estimate of drug-likeness (QED) is 0.537. The van der Waals surface area contributed by atoms with Gasteiger partial charge in [-0.2, -0.15) is 4.31 Å². The molecule has 0 aliphatic carbocycles. The second-order valence-corrected chi connectivity index (χ2v) is 9.96. The van der Waals surface area contributed by atoms with Crippen LogP contribution in [0.15, 0.2) is 47.4 Å². The Hall–Kier alpha value is -1.89. The van der Waals surface area contributed by atoms with Crippen LogP contribution >= 0.6 is 11.6 Å². The van der Waals surface area contributed by atoms with Crippen molar-refractivity contribution < 1.29 is 17.9 Å². The second kappa shape index (κ2) is 8.23. The van der Waals surface area contributed by atoms with Gasteiger partial charge in [-0.1, -0.05) is 31.5 Å². The Morgan fingerprint density at radius 3 is 2.29 bits per heavy atom. The molecule has 1 heterocycles. The Morgan fingerprint density at radius 2 is 1.68 bits per heavy atom. The van der Waals surface area contributed by atoms with E-state index in [0.717, 1.165) is 12.0 Å².